The zero-order chi connectivity index (χ0) is 13.9. The molecule has 1 N–H and O–H groups in total. The van der Waals surface area contributed by atoms with E-state index in [1.807, 2.05) is 19.1 Å². The van der Waals surface area contributed by atoms with Gasteiger partial charge in [-0.2, -0.15) is 0 Å². The summed E-state index contributed by atoms with van der Waals surface area (Å²) in [5.74, 6) is 0.795. The molecule has 2 aromatic heterocycles. The van der Waals surface area contributed by atoms with E-state index in [0.717, 1.165) is 23.5 Å². The first kappa shape index (κ1) is 13.4. The highest BCUT2D eigenvalue weighted by Gasteiger charge is 2.18. The molecule has 1 amide bonds. The van der Waals surface area contributed by atoms with Crippen LogP contribution in [0.25, 0.3) is 0 Å². The third-order valence-corrected chi connectivity index (χ3v) is 5.02. The van der Waals surface area contributed by atoms with E-state index >= 15 is 0 Å². The lowest BCUT2D eigenvalue weighted by Crippen LogP contribution is -2.25. The van der Waals surface area contributed by atoms with Crippen LogP contribution in [0.4, 0.5) is 0 Å². The molecule has 0 radical (unpaired) electrons. The molecule has 0 bridgehead atoms. The zero-order valence-electron chi connectivity index (χ0n) is 11.6. The van der Waals surface area contributed by atoms with Crippen LogP contribution in [0.15, 0.2) is 28.9 Å². The highest BCUT2D eigenvalue weighted by molar-refractivity contribution is 7.14. The van der Waals surface area contributed by atoms with Gasteiger partial charge in [-0.15, -0.1) is 11.3 Å². The van der Waals surface area contributed by atoms with E-state index in [0.29, 0.717) is 0 Å². The summed E-state index contributed by atoms with van der Waals surface area (Å²) in [5, 5.41) is 3.00. The standard InChI is InChI=1S/C16H19NO2S/c1-11(13-7-5-9-19-13)17-16(18)15-10-12-6-3-2-4-8-14(12)20-15/h5,7,9-11H,2-4,6,8H2,1H3,(H,17,18)/t11-/m1/s1. The Morgan fingerprint density at radius 3 is 3.00 bits per heavy atom. The second kappa shape index (κ2) is 5.83. The molecule has 0 saturated carbocycles. The van der Waals surface area contributed by atoms with Crippen LogP contribution in [0, 0.1) is 0 Å². The predicted molar refractivity (Wildman–Crippen MR) is 80.2 cm³/mol. The molecular formula is C16H19NO2S. The Morgan fingerprint density at radius 2 is 2.20 bits per heavy atom. The van der Waals surface area contributed by atoms with Gasteiger partial charge >= 0.3 is 0 Å². The number of aryl methyl sites for hydroxylation is 2. The van der Waals surface area contributed by atoms with Crippen LogP contribution in [-0.4, -0.2) is 5.91 Å². The van der Waals surface area contributed by atoms with Crippen molar-refractivity contribution in [3.05, 3.63) is 45.5 Å². The van der Waals surface area contributed by atoms with E-state index in [2.05, 4.69) is 11.4 Å². The van der Waals surface area contributed by atoms with Gasteiger partial charge in [-0.25, -0.2) is 0 Å². The van der Waals surface area contributed by atoms with Gasteiger partial charge in [0.1, 0.15) is 5.76 Å². The lowest BCUT2D eigenvalue weighted by atomic mass is 10.1. The molecule has 0 aliphatic heterocycles. The summed E-state index contributed by atoms with van der Waals surface area (Å²) in [6, 6.07) is 5.70. The van der Waals surface area contributed by atoms with Crippen molar-refractivity contribution in [2.24, 2.45) is 0 Å². The zero-order valence-corrected chi connectivity index (χ0v) is 12.5. The Balaban J connectivity index is 1.71. The number of rotatable bonds is 3. The predicted octanol–water partition coefficient (Wildman–Crippen LogP) is 4.10. The molecule has 3 nitrogen and oxygen atoms in total. The fourth-order valence-electron chi connectivity index (χ4n) is 2.66. The van der Waals surface area contributed by atoms with Crippen LogP contribution in [0.3, 0.4) is 0 Å². The minimum absolute atomic E-state index is 0.00646. The Hall–Kier alpha value is -1.55. The van der Waals surface area contributed by atoms with Gasteiger partial charge in [-0.1, -0.05) is 6.42 Å². The highest BCUT2D eigenvalue weighted by Crippen LogP contribution is 2.29. The van der Waals surface area contributed by atoms with E-state index in [4.69, 9.17) is 4.42 Å². The van der Waals surface area contributed by atoms with Crippen molar-refractivity contribution in [2.45, 2.75) is 45.1 Å². The molecule has 1 aliphatic carbocycles. The molecule has 4 heteroatoms. The molecule has 1 aliphatic rings. The van der Waals surface area contributed by atoms with Crippen molar-refractivity contribution in [1.29, 1.82) is 0 Å². The number of carbonyl (C=O) groups excluding carboxylic acids is 1. The smallest absolute Gasteiger partial charge is 0.261 e. The summed E-state index contributed by atoms with van der Waals surface area (Å²) >= 11 is 1.65. The van der Waals surface area contributed by atoms with Crippen LogP contribution < -0.4 is 5.32 Å². The summed E-state index contributed by atoms with van der Waals surface area (Å²) in [6.45, 7) is 1.94. The van der Waals surface area contributed by atoms with Gasteiger partial charge in [-0.05, 0) is 56.4 Å². The van der Waals surface area contributed by atoms with Gasteiger partial charge in [0.25, 0.3) is 5.91 Å². The number of carbonyl (C=O) groups is 1. The SMILES string of the molecule is C[C@@H](NC(=O)c1cc2c(s1)CCCCC2)c1ccco1. The number of thiophene rings is 1. The van der Waals surface area contributed by atoms with Crippen LogP contribution in [0.2, 0.25) is 0 Å². The number of fused-ring (bicyclic) bond motifs is 1. The molecule has 0 spiro atoms. The molecule has 106 valence electrons. The molecule has 2 aromatic rings. The maximum atomic E-state index is 12.3. The second-order valence-electron chi connectivity index (χ2n) is 5.33. The summed E-state index contributed by atoms with van der Waals surface area (Å²) in [5.41, 5.74) is 1.38. The van der Waals surface area contributed by atoms with Gasteiger partial charge in [0, 0.05) is 4.88 Å². The normalized spacial score (nSPS) is 16.2. The minimum Gasteiger partial charge on any atom is -0.467 e. The Labute approximate surface area is 123 Å². The maximum Gasteiger partial charge on any atom is 0.261 e. The monoisotopic (exact) mass is 289 g/mol. The summed E-state index contributed by atoms with van der Waals surface area (Å²) in [4.78, 5) is 14.5. The lowest BCUT2D eigenvalue weighted by molar-refractivity contribution is 0.0939. The van der Waals surface area contributed by atoms with E-state index in [1.165, 1.54) is 29.7 Å². The number of hydrogen-bond donors (Lipinski definition) is 1. The van der Waals surface area contributed by atoms with E-state index in [1.54, 1.807) is 17.6 Å². The third-order valence-electron chi connectivity index (χ3n) is 3.79. The van der Waals surface area contributed by atoms with Gasteiger partial charge in [-0.3, -0.25) is 4.79 Å². The van der Waals surface area contributed by atoms with Crippen molar-refractivity contribution in [1.82, 2.24) is 5.32 Å². The first-order valence-electron chi connectivity index (χ1n) is 7.20. The van der Waals surface area contributed by atoms with Crippen molar-refractivity contribution in [2.75, 3.05) is 0 Å². The quantitative estimate of drug-likeness (QED) is 0.864. The Bertz CT molecular complexity index is 562. The summed E-state index contributed by atoms with van der Waals surface area (Å²) < 4.78 is 5.32. The van der Waals surface area contributed by atoms with Gasteiger partial charge < -0.3 is 9.73 Å². The van der Waals surface area contributed by atoms with Crippen LogP contribution in [0.5, 0.6) is 0 Å². The molecule has 20 heavy (non-hydrogen) atoms. The molecule has 0 saturated heterocycles. The largest absolute Gasteiger partial charge is 0.467 e. The fraction of sp³-hybridized carbons (Fsp3) is 0.438. The van der Waals surface area contributed by atoms with Gasteiger partial charge in [0.05, 0.1) is 17.2 Å². The van der Waals surface area contributed by atoms with Crippen molar-refractivity contribution < 1.29 is 9.21 Å². The maximum absolute atomic E-state index is 12.3. The first-order chi connectivity index (χ1) is 9.74. The third kappa shape index (κ3) is 2.80. The van der Waals surface area contributed by atoms with Crippen molar-refractivity contribution in [3.63, 3.8) is 0 Å². The molecule has 0 unspecified atom stereocenters. The second-order valence-corrected chi connectivity index (χ2v) is 6.47. The van der Waals surface area contributed by atoms with E-state index < -0.39 is 0 Å². The van der Waals surface area contributed by atoms with Gasteiger partial charge in [0.15, 0.2) is 0 Å². The summed E-state index contributed by atoms with van der Waals surface area (Å²) in [6.07, 6.45) is 7.67. The molecule has 1 atom stereocenters. The average molecular weight is 289 g/mol. The number of amides is 1. The van der Waals surface area contributed by atoms with Gasteiger partial charge in [0.2, 0.25) is 0 Å². The fourth-order valence-corrected chi connectivity index (χ4v) is 3.81. The topological polar surface area (TPSA) is 42.2 Å². The summed E-state index contributed by atoms with van der Waals surface area (Å²) in [7, 11) is 0. The Kier molecular flexibility index (Phi) is 3.92. The molecular weight excluding hydrogens is 270 g/mol. The van der Waals surface area contributed by atoms with Crippen molar-refractivity contribution >= 4 is 17.2 Å². The van der Waals surface area contributed by atoms with Crippen LogP contribution in [0.1, 0.15) is 58.1 Å². The molecule has 0 aromatic carbocycles. The minimum atomic E-state index is -0.0978. The highest BCUT2D eigenvalue weighted by atomic mass is 32.1. The van der Waals surface area contributed by atoms with Crippen LogP contribution >= 0.6 is 11.3 Å². The van der Waals surface area contributed by atoms with E-state index in [-0.39, 0.29) is 11.9 Å². The van der Waals surface area contributed by atoms with Crippen molar-refractivity contribution in [3.8, 4) is 0 Å². The molecule has 3 rings (SSSR count). The van der Waals surface area contributed by atoms with E-state index in [9.17, 15) is 4.79 Å². The Morgan fingerprint density at radius 1 is 1.35 bits per heavy atom. The molecule has 0 fully saturated rings. The van der Waals surface area contributed by atoms with Crippen LogP contribution in [-0.2, 0) is 12.8 Å². The number of furan rings is 1. The lowest BCUT2D eigenvalue weighted by Gasteiger charge is -2.10. The number of hydrogen-bond acceptors (Lipinski definition) is 3. The number of nitrogens with one attached hydrogen (secondary N) is 1. The molecule has 2 heterocycles. The average Bonchev–Trinajstić information content (AvgIpc) is 3.05. The first-order valence-corrected chi connectivity index (χ1v) is 8.01.